The number of hydrogen-bond acceptors (Lipinski definition) is 5. The van der Waals surface area contributed by atoms with Gasteiger partial charge in [-0.05, 0) is 33.6 Å². The van der Waals surface area contributed by atoms with Crippen LogP contribution >= 0.6 is 0 Å². The average Bonchev–Trinajstić information content (AvgIpc) is 2.95. The Morgan fingerprint density at radius 3 is 2.28 bits per heavy atom. The maximum Gasteiger partial charge on any atom is 0.319 e. The topological polar surface area (TPSA) is 83.8 Å². The SMILES string of the molecule is CC(C)(O)C#CC(C)(O)CC1(C(=O)OC=O)CC1. The summed E-state index contributed by atoms with van der Waals surface area (Å²) in [4.78, 5) is 21.7. The van der Waals surface area contributed by atoms with E-state index in [1.165, 1.54) is 20.8 Å². The van der Waals surface area contributed by atoms with Gasteiger partial charge in [0.2, 0.25) is 0 Å². The van der Waals surface area contributed by atoms with Crippen molar-refractivity contribution >= 4 is 12.4 Å². The summed E-state index contributed by atoms with van der Waals surface area (Å²) < 4.78 is 4.33. The van der Waals surface area contributed by atoms with Crippen molar-refractivity contribution in [3.63, 3.8) is 0 Å². The smallest absolute Gasteiger partial charge is 0.319 e. The largest absolute Gasteiger partial charge is 0.395 e. The van der Waals surface area contributed by atoms with E-state index in [4.69, 9.17) is 0 Å². The van der Waals surface area contributed by atoms with E-state index in [2.05, 4.69) is 16.6 Å². The molecule has 0 aliphatic heterocycles. The molecule has 5 nitrogen and oxygen atoms in total. The summed E-state index contributed by atoms with van der Waals surface area (Å²) in [5.74, 6) is 4.45. The van der Waals surface area contributed by atoms with Gasteiger partial charge in [-0.15, -0.1) is 0 Å². The molecule has 1 rings (SSSR count). The Hall–Kier alpha value is -1.38. The number of carbonyl (C=O) groups is 2. The normalized spacial score (nSPS) is 20.1. The minimum Gasteiger partial charge on any atom is -0.395 e. The second-order valence-corrected chi connectivity index (χ2v) is 5.54. The van der Waals surface area contributed by atoms with Crippen LogP contribution in [0, 0.1) is 17.3 Å². The van der Waals surface area contributed by atoms with Crippen molar-refractivity contribution in [1.29, 1.82) is 0 Å². The molecule has 0 aromatic carbocycles. The Kier molecular flexibility index (Phi) is 3.84. The van der Waals surface area contributed by atoms with Crippen LogP contribution in [0.25, 0.3) is 0 Å². The Balaban J connectivity index is 2.74. The van der Waals surface area contributed by atoms with Gasteiger partial charge < -0.3 is 14.9 Å². The summed E-state index contributed by atoms with van der Waals surface area (Å²) in [6.45, 7) is 4.58. The molecule has 0 saturated heterocycles. The fraction of sp³-hybridized carbons (Fsp3) is 0.692. The molecule has 0 amide bonds. The predicted molar refractivity (Wildman–Crippen MR) is 63.1 cm³/mol. The maximum atomic E-state index is 11.5. The van der Waals surface area contributed by atoms with E-state index in [1.54, 1.807) is 0 Å². The lowest BCUT2D eigenvalue weighted by atomic mass is 9.89. The summed E-state index contributed by atoms with van der Waals surface area (Å²) in [5.41, 5.74) is -3.42. The molecule has 1 aliphatic carbocycles. The van der Waals surface area contributed by atoms with Gasteiger partial charge in [0.05, 0.1) is 5.41 Å². The standard InChI is InChI=1S/C13H18O5/c1-11(2,16)4-5-12(3,17)8-13(6-7-13)10(15)18-9-14/h9,16-17H,6-8H2,1-3H3. The molecule has 100 valence electrons. The van der Waals surface area contributed by atoms with Crippen LogP contribution in [0.5, 0.6) is 0 Å². The van der Waals surface area contributed by atoms with Crippen molar-refractivity contribution in [2.45, 2.75) is 51.2 Å². The Morgan fingerprint density at radius 2 is 1.89 bits per heavy atom. The quantitative estimate of drug-likeness (QED) is 0.328. The van der Waals surface area contributed by atoms with Crippen molar-refractivity contribution in [1.82, 2.24) is 0 Å². The second kappa shape index (κ2) is 4.71. The summed E-state index contributed by atoms with van der Waals surface area (Å²) in [6.07, 6.45) is 1.23. The van der Waals surface area contributed by atoms with E-state index in [9.17, 15) is 19.8 Å². The molecule has 18 heavy (non-hydrogen) atoms. The third kappa shape index (κ3) is 4.13. The van der Waals surface area contributed by atoms with Gasteiger partial charge in [-0.1, -0.05) is 11.8 Å². The first-order chi connectivity index (χ1) is 8.10. The van der Waals surface area contributed by atoms with Gasteiger partial charge in [0, 0.05) is 6.42 Å². The highest BCUT2D eigenvalue weighted by molar-refractivity contribution is 5.84. The Morgan fingerprint density at radius 1 is 1.33 bits per heavy atom. The van der Waals surface area contributed by atoms with E-state index >= 15 is 0 Å². The van der Waals surface area contributed by atoms with E-state index in [1.807, 2.05) is 0 Å². The molecular weight excluding hydrogens is 236 g/mol. The summed E-state index contributed by atoms with van der Waals surface area (Å²) in [6, 6.07) is 0. The number of aliphatic hydroxyl groups is 2. The number of rotatable bonds is 4. The fourth-order valence-electron chi connectivity index (χ4n) is 1.76. The van der Waals surface area contributed by atoms with Crippen LogP contribution in [0.4, 0.5) is 0 Å². The molecule has 1 aliphatic rings. The first kappa shape index (κ1) is 14.7. The fourth-order valence-corrected chi connectivity index (χ4v) is 1.76. The summed E-state index contributed by atoms with van der Waals surface area (Å²) >= 11 is 0. The Labute approximate surface area is 106 Å². The Bertz CT molecular complexity index is 401. The van der Waals surface area contributed by atoms with Crippen LogP contribution < -0.4 is 0 Å². The number of carbonyl (C=O) groups excluding carboxylic acids is 2. The third-order valence-electron chi connectivity index (χ3n) is 2.76. The molecule has 2 N–H and O–H groups in total. The molecule has 1 saturated carbocycles. The van der Waals surface area contributed by atoms with Gasteiger partial charge in [0.1, 0.15) is 11.2 Å². The van der Waals surface area contributed by atoms with Gasteiger partial charge in [0.25, 0.3) is 0 Å². The van der Waals surface area contributed by atoms with E-state index < -0.39 is 22.6 Å². The molecular formula is C13H18O5. The van der Waals surface area contributed by atoms with Crippen LogP contribution in [0.3, 0.4) is 0 Å². The van der Waals surface area contributed by atoms with E-state index in [0.29, 0.717) is 12.8 Å². The predicted octanol–water partition coefficient (Wildman–Crippen LogP) is 0.382. The van der Waals surface area contributed by atoms with Crippen molar-refractivity contribution in [3.05, 3.63) is 0 Å². The highest BCUT2D eigenvalue weighted by Gasteiger charge is 2.54. The zero-order valence-corrected chi connectivity index (χ0v) is 10.8. The van der Waals surface area contributed by atoms with Crippen LogP contribution in [0.15, 0.2) is 0 Å². The zero-order chi connectivity index (χ0) is 14.0. The highest BCUT2D eigenvalue weighted by Crippen LogP contribution is 2.52. The van der Waals surface area contributed by atoms with Gasteiger partial charge in [0.15, 0.2) is 0 Å². The van der Waals surface area contributed by atoms with Crippen molar-refractivity contribution in [2.24, 2.45) is 5.41 Å². The molecule has 0 aromatic heterocycles. The average molecular weight is 254 g/mol. The first-order valence-electron chi connectivity index (χ1n) is 5.74. The first-order valence-corrected chi connectivity index (χ1v) is 5.74. The minimum atomic E-state index is -1.40. The van der Waals surface area contributed by atoms with Gasteiger partial charge >= 0.3 is 12.4 Å². The molecule has 0 heterocycles. The maximum absolute atomic E-state index is 11.5. The van der Waals surface area contributed by atoms with Crippen LogP contribution in [-0.4, -0.2) is 33.9 Å². The third-order valence-corrected chi connectivity index (χ3v) is 2.76. The molecule has 5 heteroatoms. The molecule has 0 aromatic rings. The van der Waals surface area contributed by atoms with Gasteiger partial charge in [-0.2, -0.15) is 0 Å². The van der Waals surface area contributed by atoms with Crippen LogP contribution in [0.1, 0.15) is 40.0 Å². The summed E-state index contributed by atoms with van der Waals surface area (Å²) in [7, 11) is 0. The molecule has 1 unspecified atom stereocenters. The molecule has 0 bridgehead atoms. The number of esters is 1. The zero-order valence-electron chi connectivity index (χ0n) is 10.8. The summed E-state index contributed by atoms with van der Waals surface area (Å²) in [5, 5.41) is 19.6. The molecule has 0 radical (unpaired) electrons. The van der Waals surface area contributed by atoms with Crippen molar-refractivity contribution < 1.29 is 24.5 Å². The minimum absolute atomic E-state index is 0.0930. The molecule has 1 fully saturated rings. The van der Waals surface area contributed by atoms with Crippen molar-refractivity contribution in [3.8, 4) is 11.8 Å². The van der Waals surface area contributed by atoms with Crippen LogP contribution in [0.2, 0.25) is 0 Å². The van der Waals surface area contributed by atoms with Gasteiger partial charge in [-0.3, -0.25) is 9.59 Å². The van der Waals surface area contributed by atoms with E-state index in [-0.39, 0.29) is 12.9 Å². The monoisotopic (exact) mass is 254 g/mol. The number of hydrogen-bond donors (Lipinski definition) is 2. The van der Waals surface area contributed by atoms with Crippen molar-refractivity contribution in [2.75, 3.05) is 0 Å². The lowest BCUT2D eigenvalue weighted by molar-refractivity contribution is -0.157. The molecule has 0 spiro atoms. The highest BCUT2D eigenvalue weighted by atomic mass is 16.6. The van der Waals surface area contributed by atoms with Gasteiger partial charge in [-0.25, -0.2) is 0 Å². The lowest BCUT2D eigenvalue weighted by Crippen LogP contribution is -2.32. The number of ether oxygens (including phenoxy) is 1. The molecule has 1 atom stereocenters. The second-order valence-electron chi connectivity index (χ2n) is 5.54. The lowest BCUT2D eigenvalue weighted by Gasteiger charge is -2.22. The van der Waals surface area contributed by atoms with E-state index in [0.717, 1.165) is 0 Å². The van der Waals surface area contributed by atoms with Crippen LogP contribution in [-0.2, 0) is 14.3 Å².